The number of hydrogen-bond donors (Lipinski definition) is 2. The van der Waals surface area contributed by atoms with Crippen LogP contribution in [0.2, 0.25) is 5.02 Å². The summed E-state index contributed by atoms with van der Waals surface area (Å²) in [5.74, 6) is 1.50. The first-order valence-electron chi connectivity index (χ1n) is 9.93. The number of aromatic amines is 1. The monoisotopic (exact) mass is 426 g/mol. The van der Waals surface area contributed by atoms with Crippen LogP contribution in [0.1, 0.15) is 36.8 Å². The Kier molecular flexibility index (Phi) is 5.63. The van der Waals surface area contributed by atoms with Gasteiger partial charge in [-0.1, -0.05) is 11.6 Å². The van der Waals surface area contributed by atoms with Gasteiger partial charge in [0.2, 0.25) is 0 Å². The average Bonchev–Trinajstić information content (AvgIpc) is 3.16. The summed E-state index contributed by atoms with van der Waals surface area (Å²) in [6.45, 7) is 6.88. The third-order valence-electron chi connectivity index (χ3n) is 4.66. The molecule has 1 aromatic carbocycles. The average molecular weight is 427 g/mol. The van der Waals surface area contributed by atoms with E-state index in [1.165, 1.54) is 0 Å². The predicted molar refractivity (Wildman–Crippen MR) is 115 cm³/mol. The van der Waals surface area contributed by atoms with Gasteiger partial charge in [0.05, 0.1) is 34.7 Å². The first kappa shape index (κ1) is 20.2. The molecule has 1 amide bonds. The van der Waals surface area contributed by atoms with Gasteiger partial charge < -0.3 is 19.8 Å². The number of carbonyl (C=O) groups excluding carboxylic acids is 1. The summed E-state index contributed by atoms with van der Waals surface area (Å²) in [5.41, 5.74) is 3.77. The van der Waals surface area contributed by atoms with Gasteiger partial charge in [-0.15, -0.1) is 0 Å². The zero-order chi connectivity index (χ0) is 21.3. The predicted octanol–water partition coefficient (Wildman–Crippen LogP) is 4.26. The van der Waals surface area contributed by atoms with Crippen molar-refractivity contribution in [3.8, 4) is 34.3 Å². The molecule has 0 atom stereocenters. The van der Waals surface area contributed by atoms with Gasteiger partial charge in [-0.3, -0.25) is 4.79 Å². The lowest BCUT2D eigenvalue weighted by Gasteiger charge is -2.17. The SMILES string of the molecule is CCOc1cc(-c2nccc(-c3cc4c([nH]3)CCNC4=O)n2)cc(Cl)c1OC(C)C. The highest BCUT2D eigenvalue weighted by Gasteiger charge is 2.21. The molecule has 30 heavy (non-hydrogen) atoms. The van der Waals surface area contributed by atoms with Crippen LogP contribution < -0.4 is 14.8 Å². The number of amides is 1. The summed E-state index contributed by atoms with van der Waals surface area (Å²) >= 11 is 6.49. The second-order valence-corrected chi connectivity index (χ2v) is 7.64. The topological polar surface area (TPSA) is 89.1 Å². The number of fused-ring (bicyclic) bond motifs is 1. The molecule has 2 N–H and O–H groups in total. The van der Waals surface area contributed by atoms with Crippen LogP contribution in [0.5, 0.6) is 11.5 Å². The third-order valence-corrected chi connectivity index (χ3v) is 4.94. The summed E-state index contributed by atoms with van der Waals surface area (Å²) in [4.78, 5) is 24.5. The van der Waals surface area contributed by atoms with E-state index in [0.29, 0.717) is 46.8 Å². The Morgan fingerprint density at radius 1 is 1.27 bits per heavy atom. The highest BCUT2D eigenvalue weighted by molar-refractivity contribution is 6.32. The Bertz CT molecular complexity index is 1090. The lowest BCUT2D eigenvalue weighted by molar-refractivity contribution is 0.0946. The molecule has 0 unspecified atom stereocenters. The third kappa shape index (κ3) is 3.98. The zero-order valence-corrected chi connectivity index (χ0v) is 17.8. The number of carbonyl (C=O) groups is 1. The summed E-state index contributed by atoms with van der Waals surface area (Å²) in [6, 6.07) is 7.24. The standard InChI is InChI=1S/C22H23ClN4O3/c1-4-29-19-10-13(9-15(23)20(19)30-12(2)3)21-24-7-6-17(27-21)18-11-14-16(26-18)5-8-25-22(14)28/h6-7,9-12,26H,4-5,8H2,1-3H3,(H,25,28). The van der Waals surface area contributed by atoms with Gasteiger partial charge in [0.1, 0.15) is 0 Å². The van der Waals surface area contributed by atoms with E-state index < -0.39 is 0 Å². The van der Waals surface area contributed by atoms with Crippen LogP contribution in [0.15, 0.2) is 30.5 Å². The van der Waals surface area contributed by atoms with Crippen LogP contribution in [-0.4, -0.2) is 40.1 Å². The molecule has 8 heteroatoms. The quantitative estimate of drug-likeness (QED) is 0.614. The molecular formula is C22H23ClN4O3. The van der Waals surface area contributed by atoms with Crippen LogP contribution in [0.25, 0.3) is 22.8 Å². The van der Waals surface area contributed by atoms with E-state index in [9.17, 15) is 4.79 Å². The van der Waals surface area contributed by atoms with Gasteiger partial charge in [-0.25, -0.2) is 9.97 Å². The van der Waals surface area contributed by atoms with Crippen molar-refractivity contribution in [1.82, 2.24) is 20.3 Å². The lowest BCUT2D eigenvalue weighted by atomic mass is 10.1. The summed E-state index contributed by atoms with van der Waals surface area (Å²) < 4.78 is 11.6. The Morgan fingerprint density at radius 3 is 2.83 bits per heavy atom. The molecule has 7 nitrogen and oxygen atoms in total. The van der Waals surface area contributed by atoms with Gasteiger partial charge in [0.15, 0.2) is 17.3 Å². The molecule has 1 aliphatic rings. The van der Waals surface area contributed by atoms with Crippen molar-refractivity contribution in [3.63, 3.8) is 0 Å². The number of nitrogens with zero attached hydrogens (tertiary/aromatic N) is 2. The molecular weight excluding hydrogens is 404 g/mol. The van der Waals surface area contributed by atoms with Crippen LogP contribution in [0.4, 0.5) is 0 Å². The van der Waals surface area contributed by atoms with Crippen LogP contribution >= 0.6 is 11.6 Å². The Balaban J connectivity index is 1.73. The van der Waals surface area contributed by atoms with E-state index in [0.717, 1.165) is 23.4 Å². The first-order valence-corrected chi connectivity index (χ1v) is 10.3. The first-order chi connectivity index (χ1) is 14.5. The minimum absolute atomic E-state index is 0.0387. The van der Waals surface area contributed by atoms with E-state index in [4.69, 9.17) is 21.1 Å². The van der Waals surface area contributed by atoms with E-state index in [1.807, 2.05) is 32.9 Å². The maximum atomic E-state index is 12.1. The fraction of sp³-hybridized carbons (Fsp3) is 0.318. The number of halogens is 1. The van der Waals surface area contributed by atoms with Gasteiger partial charge in [0, 0.05) is 30.4 Å². The maximum Gasteiger partial charge on any atom is 0.253 e. The fourth-order valence-corrected chi connectivity index (χ4v) is 3.64. The van der Waals surface area contributed by atoms with Crippen molar-refractivity contribution < 1.29 is 14.3 Å². The Hall–Kier alpha value is -3.06. The highest BCUT2D eigenvalue weighted by Crippen LogP contribution is 2.40. The fourth-order valence-electron chi connectivity index (χ4n) is 3.39. The van der Waals surface area contributed by atoms with Gasteiger partial charge in [-0.2, -0.15) is 0 Å². The maximum absolute atomic E-state index is 12.1. The van der Waals surface area contributed by atoms with E-state index in [-0.39, 0.29) is 12.0 Å². The molecule has 156 valence electrons. The normalized spacial score (nSPS) is 13.2. The molecule has 2 aromatic heterocycles. The van der Waals surface area contributed by atoms with E-state index in [2.05, 4.69) is 20.3 Å². The lowest BCUT2D eigenvalue weighted by Crippen LogP contribution is -2.31. The van der Waals surface area contributed by atoms with Crippen molar-refractivity contribution in [1.29, 1.82) is 0 Å². The van der Waals surface area contributed by atoms with Crippen molar-refractivity contribution in [2.45, 2.75) is 33.3 Å². The molecule has 3 heterocycles. The number of nitrogens with one attached hydrogen (secondary N) is 2. The number of rotatable bonds is 6. The van der Waals surface area contributed by atoms with Crippen LogP contribution in [0, 0.1) is 0 Å². The largest absolute Gasteiger partial charge is 0.490 e. The van der Waals surface area contributed by atoms with Gasteiger partial charge in [-0.05, 0) is 45.0 Å². The molecule has 0 fully saturated rings. The summed E-state index contributed by atoms with van der Waals surface area (Å²) in [7, 11) is 0. The molecule has 4 rings (SSSR count). The molecule has 0 radical (unpaired) electrons. The minimum Gasteiger partial charge on any atom is -0.490 e. The molecule has 0 aliphatic carbocycles. The van der Waals surface area contributed by atoms with E-state index in [1.54, 1.807) is 18.3 Å². The van der Waals surface area contributed by atoms with E-state index >= 15 is 0 Å². The number of hydrogen-bond acceptors (Lipinski definition) is 5. The van der Waals surface area contributed by atoms with Crippen molar-refractivity contribution in [2.75, 3.05) is 13.2 Å². The van der Waals surface area contributed by atoms with Gasteiger partial charge in [0.25, 0.3) is 5.91 Å². The second-order valence-electron chi connectivity index (χ2n) is 7.23. The van der Waals surface area contributed by atoms with Crippen LogP contribution in [0.3, 0.4) is 0 Å². The van der Waals surface area contributed by atoms with Crippen molar-refractivity contribution in [3.05, 3.63) is 46.7 Å². The molecule has 0 bridgehead atoms. The summed E-state index contributed by atoms with van der Waals surface area (Å²) in [6.07, 6.45) is 2.41. The van der Waals surface area contributed by atoms with Crippen molar-refractivity contribution in [2.24, 2.45) is 0 Å². The minimum atomic E-state index is -0.0677. The Labute approximate surface area is 179 Å². The summed E-state index contributed by atoms with van der Waals surface area (Å²) in [5, 5.41) is 3.29. The molecule has 0 saturated carbocycles. The second kappa shape index (κ2) is 8.36. The smallest absolute Gasteiger partial charge is 0.253 e. The molecule has 3 aromatic rings. The van der Waals surface area contributed by atoms with Gasteiger partial charge >= 0.3 is 0 Å². The van der Waals surface area contributed by atoms with Crippen LogP contribution in [-0.2, 0) is 6.42 Å². The number of H-pyrrole nitrogens is 1. The number of ether oxygens (including phenoxy) is 2. The Morgan fingerprint density at radius 2 is 2.10 bits per heavy atom. The number of benzene rings is 1. The number of aromatic nitrogens is 3. The highest BCUT2D eigenvalue weighted by atomic mass is 35.5. The molecule has 1 aliphatic heterocycles. The zero-order valence-electron chi connectivity index (χ0n) is 17.1. The molecule has 0 saturated heterocycles. The van der Waals surface area contributed by atoms with Crippen molar-refractivity contribution >= 4 is 17.5 Å². The molecule has 0 spiro atoms.